The summed E-state index contributed by atoms with van der Waals surface area (Å²) in [4.78, 5) is 60.8. The van der Waals surface area contributed by atoms with E-state index in [0.29, 0.717) is 0 Å². The molecule has 1 aliphatic heterocycles. The maximum Gasteiger partial charge on any atom is 0.509 e. The first-order valence-electron chi connectivity index (χ1n) is 9.04. The third-order valence-electron chi connectivity index (χ3n) is 3.79. The number of ether oxygens (including phenoxy) is 5. The van der Waals surface area contributed by atoms with E-state index >= 15 is 0 Å². The highest BCUT2D eigenvalue weighted by molar-refractivity contribution is 5.67. The van der Waals surface area contributed by atoms with Crippen LogP contribution in [0.3, 0.4) is 0 Å². The van der Waals surface area contributed by atoms with E-state index in [1.165, 1.54) is 6.92 Å². The van der Waals surface area contributed by atoms with Crippen molar-refractivity contribution in [2.24, 2.45) is 0 Å². The molecule has 12 nitrogen and oxygen atoms in total. The summed E-state index contributed by atoms with van der Waals surface area (Å²) in [5.74, 6) is -1.34. The van der Waals surface area contributed by atoms with Gasteiger partial charge in [-0.25, -0.2) is 9.59 Å². The zero-order valence-corrected chi connectivity index (χ0v) is 17.2. The number of carbonyl (C=O) groups excluding carboxylic acids is 3. The molecule has 1 N–H and O–H groups in total. The maximum atomic E-state index is 12.3. The number of nitrogens with one attached hydrogen (secondary N) is 1. The van der Waals surface area contributed by atoms with Crippen LogP contribution in [0.25, 0.3) is 0 Å². The normalized spacial score (nSPS) is 23.5. The number of aromatic amines is 1. The summed E-state index contributed by atoms with van der Waals surface area (Å²) in [7, 11) is 0. The van der Waals surface area contributed by atoms with Crippen molar-refractivity contribution in [1.29, 1.82) is 0 Å². The Kier molecular flexibility index (Phi) is 7.03. The van der Waals surface area contributed by atoms with Gasteiger partial charge in [0.05, 0.1) is 0 Å². The molecule has 1 aromatic rings. The van der Waals surface area contributed by atoms with Crippen molar-refractivity contribution < 1.29 is 38.1 Å². The number of hydrogen-bond acceptors (Lipinski definition) is 10. The van der Waals surface area contributed by atoms with Gasteiger partial charge in [-0.3, -0.25) is 23.9 Å². The van der Waals surface area contributed by atoms with E-state index in [1.54, 1.807) is 20.8 Å². The number of carbonyl (C=O) groups is 3. The Morgan fingerprint density at radius 2 is 1.77 bits per heavy atom. The highest BCUT2D eigenvalue weighted by atomic mass is 16.8. The first-order chi connectivity index (χ1) is 13.9. The molecule has 166 valence electrons. The maximum absolute atomic E-state index is 12.3. The van der Waals surface area contributed by atoms with Gasteiger partial charge in [-0.05, 0) is 20.8 Å². The van der Waals surface area contributed by atoms with Crippen LogP contribution in [0.15, 0.2) is 21.9 Å². The summed E-state index contributed by atoms with van der Waals surface area (Å²) in [5, 5.41) is 0. The predicted molar refractivity (Wildman–Crippen MR) is 98.5 cm³/mol. The van der Waals surface area contributed by atoms with Gasteiger partial charge in [0.2, 0.25) is 0 Å². The molecule has 1 aromatic heterocycles. The van der Waals surface area contributed by atoms with Gasteiger partial charge in [-0.2, -0.15) is 0 Å². The summed E-state index contributed by atoms with van der Waals surface area (Å²) in [6.45, 7) is 6.83. The van der Waals surface area contributed by atoms with Gasteiger partial charge >= 0.3 is 23.8 Å². The largest absolute Gasteiger partial charge is 0.509 e. The molecule has 0 bridgehead atoms. The first-order valence-corrected chi connectivity index (χ1v) is 9.04. The quantitative estimate of drug-likeness (QED) is 0.510. The van der Waals surface area contributed by atoms with E-state index in [4.69, 9.17) is 23.7 Å². The molecule has 2 rings (SSSR count). The van der Waals surface area contributed by atoms with Crippen LogP contribution in [0.5, 0.6) is 0 Å². The highest BCUT2D eigenvalue weighted by Crippen LogP contribution is 2.34. The molecule has 0 amide bonds. The number of H-pyrrole nitrogens is 1. The molecule has 0 spiro atoms. The van der Waals surface area contributed by atoms with Crippen molar-refractivity contribution in [2.75, 3.05) is 6.61 Å². The summed E-state index contributed by atoms with van der Waals surface area (Å²) in [6, 6.07) is 1.07. The molecule has 4 atom stereocenters. The standard InChI is InChI=1S/C18H24N2O10/c1-9(21)26-8-11-13(27-10(2)22)14(29-17(25)30-18(3,4)5)15(28-11)20-7-6-12(23)19-16(20)24/h6-7,11,13-15H,8H2,1-5H3,(H,19,23,24)/t11-,13-,14-,15-/m1/s1. The van der Waals surface area contributed by atoms with Gasteiger partial charge in [0.1, 0.15) is 18.3 Å². The topological polar surface area (TPSA) is 152 Å². The highest BCUT2D eigenvalue weighted by Gasteiger charge is 2.51. The van der Waals surface area contributed by atoms with Crippen LogP contribution in [0, 0.1) is 0 Å². The molecule has 1 saturated heterocycles. The first kappa shape index (κ1) is 23.1. The van der Waals surface area contributed by atoms with Crippen molar-refractivity contribution in [3.63, 3.8) is 0 Å². The fourth-order valence-corrected chi connectivity index (χ4v) is 2.74. The molecule has 1 aliphatic rings. The Balaban J connectivity index is 2.42. The predicted octanol–water partition coefficient (Wildman–Crippen LogP) is 0.249. The summed E-state index contributed by atoms with van der Waals surface area (Å²) < 4.78 is 27.3. The Bertz CT molecular complexity index is 913. The molecular weight excluding hydrogens is 404 g/mol. The lowest BCUT2D eigenvalue weighted by Crippen LogP contribution is -2.43. The minimum Gasteiger partial charge on any atom is -0.463 e. The van der Waals surface area contributed by atoms with Crippen LogP contribution in [-0.2, 0) is 33.3 Å². The molecule has 0 unspecified atom stereocenters. The minimum atomic E-state index is -1.34. The average molecular weight is 428 g/mol. The lowest BCUT2D eigenvalue weighted by Gasteiger charge is -2.26. The lowest BCUT2D eigenvalue weighted by atomic mass is 10.1. The van der Waals surface area contributed by atoms with Crippen molar-refractivity contribution in [3.05, 3.63) is 33.1 Å². The second kappa shape index (κ2) is 9.11. The molecule has 30 heavy (non-hydrogen) atoms. The number of nitrogens with zero attached hydrogens (tertiary/aromatic N) is 1. The van der Waals surface area contributed by atoms with E-state index in [0.717, 1.165) is 23.8 Å². The van der Waals surface area contributed by atoms with Gasteiger partial charge in [0, 0.05) is 26.1 Å². The number of aromatic nitrogens is 2. The Hall–Kier alpha value is -3.15. The molecule has 1 fully saturated rings. The second-order valence-corrected chi connectivity index (χ2v) is 7.51. The fourth-order valence-electron chi connectivity index (χ4n) is 2.74. The smallest absolute Gasteiger partial charge is 0.463 e. The lowest BCUT2D eigenvalue weighted by molar-refractivity contribution is -0.158. The monoisotopic (exact) mass is 428 g/mol. The van der Waals surface area contributed by atoms with Gasteiger partial charge in [0.25, 0.3) is 5.56 Å². The third kappa shape index (κ3) is 6.17. The third-order valence-corrected chi connectivity index (χ3v) is 3.79. The van der Waals surface area contributed by atoms with Gasteiger partial charge in [0.15, 0.2) is 18.4 Å². The van der Waals surface area contributed by atoms with Crippen LogP contribution >= 0.6 is 0 Å². The molecule has 2 heterocycles. The van der Waals surface area contributed by atoms with Gasteiger partial charge in [-0.15, -0.1) is 0 Å². The van der Waals surface area contributed by atoms with Crippen LogP contribution in [-0.4, -0.2) is 58.2 Å². The van der Waals surface area contributed by atoms with Crippen molar-refractivity contribution in [1.82, 2.24) is 9.55 Å². The van der Waals surface area contributed by atoms with Crippen LogP contribution in [0.1, 0.15) is 40.8 Å². The zero-order valence-electron chi connectivity index (χ0n) is 17.2. The van der Waals surface area contributed by atoms with Gasteiger partial charge < -0.3 is 23.7 Å². The Labute approximate surface area is 171 Å². The minimum absolute atomic E-state index is 0.337. The number of esters is 2. The van der Waals surface area contributed by atoms with Crippen LogP contribution < -0.4 is 11.2 Å². The fraction of sp³-hybridized carbons (Fsp3) is 0.611. The van der Waals surface area contributed by atoms with Crippen molar-refractivity contribution in [2.45, 2.75) is 64.8 Å². The number of rotatable bonds is 5. The van der Waals surface area contributed by atoms with E-state index in [1.807, 2.05) is 0 Å². The summed E-state index contributed by atoms with van der Waals surface area (Å²) >= 11 is 0. The Morgan fingerprint density at radius 3 is 2.30 bits per heavy atom. The van der Waals surface area contributed by atoms with E-state index in [-0.39, 0.29) is 6.61 Å². The van der Waals surface area contributed by atoms with Gasteiger partial charge in [-0.1, -0.05) is 0 Å². The van der Waals surface area contributed by atoms with E-state index in [9.17, 15) is 24.0 Å². The molecule has 0 aliphatic carbocycles. The van der Waals surface area contributed by atoms with Crippen LogP contribution in [0.4, 0.5) is 4.79 Å². The molecular formula is C18H24N2O10. The van der Waals surface area contributed by atoms with Crippen LogP contribution in [0.2, 0.25) is 0 Å². The SMILES string of the molecule is CC(=O)OC[C@H]1O[C@@H](n2ccc(=O)[nH]c2=O)[C@H](OC(=O)OC(C)(C)C)[C@@H]1OC(C)=O. The zero-order chi connectivity index (χ0) is 22.6. The molecule has 0 radical (unpaired) electrons. The van der Waals surface area contributed by atoms with E-state index < -0.39 is 59.5 Å². The number of hydrogen-bond donors (Lipinski definition) is 1. The Morgan fingerprint density at radius 1 is 1.10 bits per heavy atom. The summed E-state index contributed by atoms with van der Waals surface area (Å²) in [6.07, 6.45) is -4.88. The van der Waals surface area contributed by atoms with E-state index in [2.05, 4.69) is 4.98 Å². The second-order valence-electron chi connectivity index (χ2n) is 7.51. The van der Waals surface area contributed by atoms with Crippen molar-refractivity contribution >= 4 is 18.1 Å². The van der Waals surface area contributed by atoms with Crippen molar-refractivity contribution in [3.8, 4) is 0 Å². The molecule has 0 aromatic carbocycles. The average Bonchev–Trinajstić information content (AvgIpc) is 2.88. The summed E-state index contributed by atoms with van der Waals surface area (Å²) in [5.41, 5.74) is -2.37. The molecule has 12 heteroatoms. The molecule has 0 saturated carbocycles.